The second-order valence-corrected chi connectivity index (χ2v) is 3.11. The van der Waals surface area contributed by atoms with Gasteiger partial charge in [0, 0.05) is 11.3 Å². The molecule has 2 aromatic rings. The van der Waals surface area contributed by atoms with E-state index in [4.69, 9.17) is 11.5 Å². The zero-order valence-corrected chi connectivity index (χ0v) is 7.78. The molecule has 5 N–H and O–H groups in total. The summed E-state index contributed by atoms with van der Waals surface area (Å²) in [6.07, 6.45) is 0. The fourth-order valence-corrected chi connectivity index (χ4v) is 1.19. The van der Waals surface area contributed by atoms with Crippen LogP contribution in [-0.2, 0) is 0 Å². The number of anilines is 2. The number of aromatic amines is 1. The molecule has 0 saturated carbocycles. The van der Waals surface area contributed by atoms with E-state index in [1.54, 1.807) is 0 Å². The first-order chi connectivity index (χ1) is 6.66. The highest BCUT2D eigenvalue weighted by molar-refractivity contribution is 5.63. The second-order valence-electron chi connectivity index (χ2n) is 3.11. The highest BCUT2D eigenvalue weighted by Crippen LogP contribution is 2.20. The van der Waals surface area contributed by atoms with E-state index in [9.17, 15) is 0 Å². The zero-order chi connectivity index (χ0) is 10.1. The van der Waals surface area contributed by atoms with E-state index in [0.29, 0.717) is 5.82 Å². The molecular weight excluding hydrogens is 178 g/mol. The first kappa shape index (κ1) is 8.55. The molecule has 0 bridgehead atoms. The molecule has 0 saturated heterocycles. The van der Waals surface area contributed by atoms with Crippen molar-refractivity contribution < 1.29 is 0 Å². The van der Waals surface area contributed by atoms with Crippen molar-refractivity contribution in [3.05, 3.63) is 23.8 Å². The molecule has 5 nitrogen and oxygen atoms in total. The van der Waals surface area contributed by atoms with Crippen LogP contribution in [0.4, 0.5) is 11.6 Å². The molecule has 0 fully saturated rings. The Morgan fingerprint density at radius 2 is 2.07 bits per heavy atom. The number of hydrogen-bond acceptors (Lipinski definition) is 4. The van der Waals surface area contributed by atoms with Crippen molar-refractivity contribution in [2.24, 2.45) is 0 Å². The van der Waals surface area contributed by atoms with Gasteiger partial charge in [-0.3, -0.25) is 5.10 Å². The van der Waals surface area contributed by atoms with Gasteiger partial charge in [-0.1, -0.05) is 12.1 Å². The molecule has 0 aliphatic carbocycles. The molecular formula is C9H11N5. The van der Waals surface area contributed by atoms with E-state index >= 15 is 0 Å². The molecule has 0 aliphatic heterocycles. The number of rotatable bonds is 1. The minimum atomic E-state index is 0.235. The van der Waals surface area contributed by atoms with Gasteiger partial charge in [0.05, 0.1) is 0 Å². The molecule has 0 amide bonds. The van der Waals surface area contributed by atoms with Crippen molar-refractivity contribution in [2.45, 2.75) is 6.92 Å². The average Bonchev–Trinajstić information content (AvgIpc) is 2.57. The fraction of sp³-hybridized carbons (Fsp3) is 0.111. The van der Waals surface area contributed by atoms with Crippen LogP contribution in [-0.4, -0.2) is 15.2 Å². The van der Waals surface area contributed by atoms with Gasteiger partial charge in [0.25, 0.3) is 0 Å². The lowest BCUT2D eigenvalue weighted by Gasteiger charge is -2.01. The minimum absolute atomic E-state index is 0.235. The van der Waals surface area contributed by atoms with Gasteiger partial charge in [0.15, 0.2) is 5.82 Å². The minimum Gasteiger partial charge on any atom is -0.398 e. The van der Waals surface area contributed by atoms with Crippen LogP contribution >= 0.6 is 0 Å². The van der Waals surface area contributed by atoms with E-state index in [2.05, 4.69) is 15.2 Å². The lowest BCUT2D eigenvalue weighted by atomic mass is 10.1. The maximum Gasteiger partial charge on any atom is 0.239 e. The van der Waals surface area contributed by atoms with Gasteiger partial charge in [0.2, 0.25) is 5.95 Å². The van der Waals surface area contributed by atoms with Gasteiger partial charge in [-0.2, -0.15) is 4.98 Å². The standard InChI is InChI=1S/C9H11N5/c1-5-2-3-6(4-7(5)10)8-12-9(11)14-13-8/h2-4H,10H2,1H3,(H3,11,12,13,14). The highest BCUT2D eigenvalue weighted by Gasteiger charge is 2.04. The summed E-state index contributed by atoms with van der Waals surface area (Å²) in [6.45, 7) is 1.95. The van der Waals surface area contributed by atoms with Crippen LogP contribution in [0.2, 0.25) is 0 Å². The average molecular weight is 189 g/mol. The van der Waals surface area contributed by atoms with Gasteiger partial charge in [-0.15, -0.1) is 5.10 Å². The van der Waals surface area contributed by atoms with E-state index < -0.39 is 0 Å². The molecule has 0 unspecified atom stereocenters. The molecule has 1 heterocycles. The Morgan fingerprint density at radius 3 is 2.64 bits per heavy atom. The number of benzene rings is 1. The fourth-order valence-electron chi connectivity index (χ4n) is 1.19. The first-order valence-corrected chi connectivity index (χ1v) is 4.21. The molecule has 14 heavy (non-hydrogen) atoms. The molecule has 1 aromatic carbocycles. The normalized spacial score (nSPS) is 10.4. The van der Waals surface area contributed by atoms with Crippen molar-refractivity contribution in [1.29, 1.82) is 0 Å². The Kier molecular flexibility index (Phi) is 1.85. The third-order valence-corrected chi connectivity index (χ3v) is 2.06. The summed E-state index contributed by atoms with van der Waals surface area (Å²) in [5, 5.41) is 6.47. The summed E-state index contributed by atoms with van der Waals surface area (Å²) in [7, 11) is 0. The molecule has 0 aliphatic rings. The van der Waals surface area contributed by atoms with Crippen molar-refractivity contribution >= 4 is 11.6 Å². The molecule has 0 spiro atoms. The van der Waals surface area contributed by atoms with Crippen LogP contribution in [0.1, 0.15) is 5.56 Å². The van der Waals surface area contributed by atoms with Gasteiger partial charge in [-0.25, -0.2) is 0 Å². The smallest absolute Gasteiger partial charge is 0.239 e. The van der Waals surface area contributed by atoms with Crippen molar-refractivity contribution in [2.75, 3.05) is 11.5 Å². The largest absolute Gasteiger partial charge is 0.398 e. The third-order valence-electron chi connectivity index (χ3n) is 2.06. The van der Waals surface area contributed by atoms with Crippen molar-refractivity contribution in [3.8, 4) is 11.4 Å². The number of aryl methyl sites for hydroxylation is 1. The Hall–Kier alpha value is -2.04. The topological polar surface area (TPSA) is 93.6 Å². The number of aromatic nitrogens is 3. The lowest BCUT2D eigenvalue weighted by molar-refractivity contribution is 1.10. The van der Waals surface area contributed by atoms with Gasteiger partial charge in [-0.05, 0) is 18.6 Å². The van der Waals surface area contributed by atoms with Gasteiger partial charge < -0.3 is 11.5 Å². The summed E-state index contributed by atoms with van der Waals surface area (Å²) in [6, 6.07) is 5.70. The quantitative estimate of drug-likeness (QED) is 0.582. The number of hydrogen-bond donors (Lipinski definition) is 3. The predicted molar refractivity (Wildman–Crippen MR) is 55.4 cm³/mol. The summed E-state index contributed by atoms with van der Waals surface area (Å²) >= 11 is 0. The van der Waals surface area contributed by atoms with Crippen molar-refractivity contribution in [1.82, 2.24) is 15.2 Å². The van der Waals surface area contributed by atoms with Crippen LogP contribution in [0.3, 0.4) is 0 Å². The molecule has 1 aromatic heterocycles. The van der Waals surface area contributed by atoms with E-state index in [1.807, 2.05) is 25.1 Å². The Labute approximate surface area is 81.2 Å². The van der Waals surface area contributed by atoms with Crippen LogP contribution in [0.25, 0.3) is 11.4 Å². The van der Waals surface area contributed by atoms with E-state index in [0.717, 1.165) is 16.8 Å². The summed E-state index contributed by atoms with van der Waals surface area (Å²) in [5.74, 6) is 0.869. The second kappa shape index (κ2) is 3.02. The number of nitrogens with one attached hydrogen (secondary N) is 1. The monoisotopic (exact) mass is 189 g/mol. The highest BCUT2D eigenvalue weighted by atomic mass is 15.3. The maximum absolute atomic E-state index is 5.77. The van der Waals surface area contributed by atoms with E-state index in [1.165, 1.54) is 0 Å². The number of H-pyrrole nitrogens is 1. The van der Waals surface area contributed by atoms with Gasteiger partial charge in [0.1, 0.15) is 0 Å². The molecule has 0 atom stereocenters. The summed E-state index contributed by atoms with van der Waals surface area (Å²) < 4.78 is 0. The lowest BCUT2D eigenvalue weighted by Crippen LogP contribution is -1.91. The Bertz CT molecular complexity index is 460. The molecule has 5 heteroatoms. The number of nitrogen functional groups attached to an aromatic ring is 2. The Morgan fingerprint density at radius 1 is 1.29 bits per heavy atom. The SMILES string of the molecule is Cc1ccc(-c2nc(N)n[nH]2)cc1N. The summed E-state index contributed by atoms with van der Waals surface area (Å²) in [4.78, 5) is 4.01. The number of nitrogens with two attached hydrogens (primary N) is 2. The maximum atomic E-state index is 5.77. The third kappa shape index (κ3) is 1.39. The molecule has 2 rings (SSSR count). The first-order valence-electron chi connectivity index (χ1n) is 4.21. The van der Waals surface area contributed by atoms with Crippen LogP contribution in [0.5, 0.6) is 0 Å². The number of nitrogens with zero attached hydrogens (tertiary/aromatic N) is 2. The van der Waals surface area contributed by atoms with Gasteiger partial charge >= 0.3 is 0 Å². The van der Waals surface area contributed by atoms with Crippen molar-refractivity contribution in [3.63, 3.8) is 0 Å². The van der Waals surface area contributed by atoms with Crippen LogP contribution in [0.15, 0.2) is 18.2 Å². The van der Waals surface area contributed by atoms with Crippen LogP contribution in [0, 0.1) is 6.92 Å². The zero-order valence-electron chi connectivity index (χ0n) is 7.78. The predicted octanol–water partition coefficient (Wildman–Crippen LogP) is 0.945. The summed E-state index contributed by atoms with van der Waals surface area (Å²) in [5.41, 5.74) is 13.8. The van der Waals surface area contributed by atoms with E-state index in [-0.39, 0.29) is 5.95 Å². The molecule has 0 radical (unpaired) electrons. The Balaban J connectivity index is 2.47. The van der Waals surface area contributed by atoms with Crippen LogP contribution < -0.4 is 11.5 Å². The molecule has 72 valence electrons.